The average molecular weight is 479 g/mol. The molecule has 3 heterocycles. The number of aromatic nitrogens is 4. The molecule has 0 aliphatic carbocycles. The van der Waals surface area contributed by atoms with Crippen molar-refractivity contribution in [3.63, 3.8) is 0 Å². The highest BCUT2D eigenvalue weighted by Gasteiger charge is 2.18. The highest BCUT2D eigenvalue weighted by molar-refractivity contribution is 5.91. The summed E-state index contributed by atoms with van der Waals surface area (Å²) in [4.78, 5) is 11.5. The Bertz CT molecular complexity index is 1290. The van der Waals surface area contributed by atoms with Crippen LogP contribution in [0.1, 0.15) is 23.2 Å². The monoisotopic (exact) mass is 478 g/mol. The van der Waals surface area contributed by atoms with Crippen LogP contribution >= 0.6 is 0 Å². The summed E-state index contributed by atoms with van der Waals surface area (Å²) in [6.07, 6.45) is -1.13. The molecule has 3 N–H and O–H groups in total. The predicted molar refractivity (Wildman–Crippen MR) is 129 cm³/mol. The maximum atomic E-state index is 13.4. The number of ether oxygens (including phenoxy) is 2. The van der Waals surface area contributed by atoms with Crippen molar-refractivity contribution in [1.29, 1.82) is 0 Å². The molecule has 5 rings (SSSR count). The van der Waals surface area contributed by atoms with Gasteiger partial charge in [0.1, 0.15) is 30.1 Å². The molecule has 1 atom stereocenters. The first-order valence-corrected chi connectivity index (χ1v) is 11.5. The van der Waals surface area contributed by atoms with Gasteiger partial charge in [0.2, 0.25) is 0 Å². The molecule has 1 aliphatic heterocycles. The number of aryl methyl sites for hydroxylation is 1. The van der Waals surface area contributed by atoms with E-state index in [0.29, 0.717) is 35.1 Å². The summed E-state index contributed by atoms with van der Waals surface area (Å²) in [6.45, 7) is 6.56. The molecule has 0 radical (unpaired) electrons. The molecule has 9 nitrogen and oxygen atoms in total. The van der Waals surface area contributed by atoms with Crippen LogP contribution in [0.2, 0.25) is 0 Å². The predicted octanol–water partition coefficient (Wildman–Crippen LogP) is 3.34. The number of benzene rings is 2. The normalized spacial score (nSPS) is 15.3. The first-order valence-electron chi connectivity index (χ1n) is 11.5. The molecule has 0 bridgehead atoms. The van der Waals surface area contributed by atoms with Gasteiger partial charge in [-0.15, -0.1) is 0 Å². The number of anilines is 2. The van der Waals surface area contributed by atoms with Gasteiger partial charge in [-0.25, -0.2) is 14.4 Å². The molecule has 0 spiro atoms. The van der Waals surface area contributed by atoms with Crippen molar-refractivity contribution in [1.82, 2.24) is 25.1 Å². The fourth-order valence-corrected chi connectivity index (χ4v) is 3.95. The summed E-state index contributed by atoms with van der Waals surface area (Å²) in [5.74, 6) is 1.57. The highest BCUT2D eigenvalue weighted by Crippen LogP contribution is 2.30. The van der Waals surface area contributed by atoms with Crippen LogP contribution < -0.4 is 10.1 Å². The van der Waals surface area contributed by atoms with Gasteiger partial charge in [-0.1, -0.05) is 12.1 Å². The summed E-state index contributed by atoms with van der Waals surface area (Å²) < 4.78 is 24.8. The minimum Gasteiger partial charge on any atom is -0.492 e. The third-order valence-electron chi connectivity index (χ3n) is 5.85. The smallest absolute Gasteiger partial charge is 0.164 e. The molecule has 1 saturated heterocycles. The van der Waals surface area contributed by atoms with Gasteiger partial charge in [0.05, 0.1) is 18.7 Å². The molecule has 1 aliphatic rings. The molecular weight excluding hydrogens is 451 g/mol. The maximum Gasteiger partial charge on any atom is 0.164 e. The number of morpholine rings is 1. The van der Waals surface area contributed by atoms with Crippen LogP contribution in [0.15, 0.2) is 48.5 Å². The van der Waals surface area contributed by atoms with Gasteiger partial charge in [-0.3, -0.25) is 10.00 Å². The van der Waals surface area contributed by atoms with Crippen molar-refractivity contribution in [2.24, 2.45) is 0 Å². The molecule has 1 fully saturated rings. The van der Waals surface area contributed by atoms with Crippen molar-refractivity contribution in [2.45, 2.75) is 13.0 Å². The summed E-state index contributed by atoms with van der Waals surface area (Å²) in [6, 6.07) is 13.1. The second kappa shape index (κ2) is 10.3. The minimum absolute atomic E-state index is 0.185. The Kier molecular flexibility index (Phi) is 6.84. The van der Waals surface area contributed by atoms with Gasteiger partial charge >= 0.3 is 0 Å². The molecule has 2 aromatic carbocycles. The van der Waals surface area contributed by atoms with Crippen LogP contribution in [-0.2, 0) is 4.74 Å². The fraction of sp³-hybridized carbons (Fsp3) is 0.320. The first-order chi connectivity index (χ1) is 17.0. The Balaban J connectivity index is 1.43. The van der Waals surface area contributed by atoms with Crippen molar-refractivity contribution >= 4 is 22.5 Å². The van der Waals surface area contributed by atoms with Crippen LogP contribution in [0.25, 0.3) is 10.9 Å². The zero-order chi connectivity index (χ0) is 24.2. The highest BCUT2D eigenvalue weighted by atomic mass is 19.1. The van der Waals surface area contributed by atoms with E-state index in [1.807, 2.05) is 31.2 Å². The van der Waals surface area contributed by atoms with Crippen molar-refractivity contribution in [3.05, 3.63) is 71.4 Å². The number of rotatable bonds is 8. The zero-order valence-corrected chi connectivity index (χ0v) is 19.4. The van der Waals surface area contributed by atoms with Crippen molar-refractivity contribution < 1.29 is 19.0 Å². The standard InChI is InChI=1S/C25H27FN6O3/c1-16-14-22(31-30-16)28-24-20-7-6-19(35-13-10-32-8-11-34-12-9-32)15-21(20)27-25(29-24)23(33)17-2-4-18(26)5-3-17/h2-7,14-15,23,33H,8-13H2,1H3,(H2,27,28,29,30,31)/t23-/m0/s1. The number of H-pyrrole nitrogens is 1. The number of nitrogens with zero attached hydrogens (tertiary/aromatic N) is 4. The summed E-state index contributed by atoms with van der Waals surface area (Å²) in [5.41, 5.74) is 1.99. The number of aliphatic hydroxyl groups excluding tert-OH is 1. The number of fused-ring (bicyclic) bond motifs is 1. The second-order valence-electron chi connectivity index (χ2n) is 8.43. The Morgan fingerprint density at radius 2 is 1.94 bits per heavy atom. The van der Waals surface area contributed by atoms with Crippen LogP contribution in [0.5, 0.6) is 5.75 Å². The topological polar surface area (TPSA) is 108 Å². The average Bonchev–Trinajstić information content (AvgIpc) is 3.29. The van der Waals surface area contributed by atoms with Gasteiger partial charge in [0.15, 0.2) is 11.6 Å². The number of nitrogens with one attached hydrogen (secondary N) is 2. The summed E-state index contributed by atoms with van der Waals surface area (Å²) >= 11 is 0. The second-order valence-corrected chi connectivity index (χ2v) is 8.43. The van der Waals surface area contributed by atoms with Crippen molar-refractivity contribution in [3.8, 4) is 5.75 Å². The van der Waals surface area contributed by atoms with E-state index in [-0.39, 0.29) is 11.6 Å². The molecule has 4 aromatic rings. The fourth-order valence-electron chi connectivity index (χ4n) is 3.95. The number of aromatic amines is 1. The molecule has 0 amide bonds. The van der Waals surface area contributed by atoms with Gasteiger partial charge < -0.3 is 19.9 Å². The summed E-state index contributed by atoms with van der Waals surface area (Å²) in [7, 11) is 0. The van der Waals surface area contributed by atoms with Gasteiger partial charge in [-0.05, 0) is 36.8 Å². The molecule has 10 heteroatoms. The van der Waals surface area contributed by atoms with Gasteiger partial charge in [0.25, 0.3) is 0 Å². The van der Waals surface area contributed by atoms with Gasteiger partial charge in [0, 0.05) is 42.8 Å². The number of hydrogen-bond acceptors (Lipinski definition) is 8. The van der Waals surface area contributed by atoms with E-state index in [2.05, 4.69) is 30.4 Å². The first kappa shape index (κ1) is 23.2. The molecule has 2 aromatic heterocycles. The number of halogens is 1. The minimum atomic E-state index is -1.13. The number of hydrogen-bond donors (Lipinski definition) is 3. The van der Waals surface area contributed by atoms with E-state index >= 15 is 0 Å². The van der Waals surface area contributed by atoms with E-state index in [4.69, 9.17) is 9.47 Å². The lowest BCUT2D eigenvalue weighted by Crippen LogP contribution is -2.38. The van der Waals surface area contributed by atoms with Gasteiger partial charge in [-0.2, -0.15) is 5.10 Å². The van der Waals surface area contributed by atoms with Crippen LogP contribution in [0, 0.1) is 12.7 Å². The van der Waals surface area contributed by atoms with Crippen molar-refractivity contribution in [2.75, 3.05) is 44.8 Å². The van der Waals surface area contributed by atoms with Crippen LogP contribution in [0.3, 0.4) is 0 Å². The largest absolute Gasteiger partial charge is 0.492 e. The van der Waals surface area contributed by atoms with E-state index in [1.54, 1.807) is 0 Å². The third-order valence-corrected chi connectivity index (χ3v) is 5.85. The van der Waals surface area contributed by atoms with E-state index in [1.165, 1.54) is 24.3 Å². The van der Waals surface area contributed by atoms with Crippen LogP contribution in [-0.4, -0.2) is 69.6 Å². The van der Waals surface area contributed by atoms with E-state index in [0.717, 1.165) is 43.9 Å². The quantitative estimate of drug-likeness (QED) is 0.354. The molecule has 0 saturated carbocycles. The Morgan fingerprint density at radius 1 is 1.14 bits per heavy atom. The molecule has 182 valence electrons. The lowest BCUT2D eigenvalue weighted by atomic mass is 10.1. The maximum absolute atomic E-state index is 13.4. The zero-order valence-electron chi connectivity index (χ0n) is 19.4. The molecular formula is C25H27FN6O3. The summed E-state index contributed by atoms with van der Waals surface area (Å²) in [5, 5.41) is 22.0. The Hall–Kier alpha value is -3.60. The Labute approximate surface area is 201 Å². The lowest BCUT2D eigenvalue weighted by molar-refractivity contribution is 0.0322. The SMILES string of the molecule is Cc1cc(Nc2nc([C@@H](O)c3ccc(F)cc3)nc3cc(OCCN4CCOCC4)ccc23)n[nH]1. The van der Waals surface area contributed by atoms with E-state index in [9.17, 15) is 9.50 Å². The number of aliphatic hydroxyl groups is 1. The molecule has 0 unspecified atom stereocenters. The van der Waals surface area contributed by atoms with E-state index < -0.39 is 6.10 Å². The Morgan fingerprint density at radius 3 is 2.69 bits per heavy atom. The van der Waals surface area contributed by atoms with Crippen LogP contribution in [0.4, 0.5) is 16.0 Å². The lowest BCUT2D eigenvalue weighted by Gasteiger charge is -2.26. The molecule has 35 heavy (non-hydrogen) atoms. The third kappa shape index (κ3) is 5.56.